The van der Waals surface area contributed by atoms with Gasteiger partial charge in [0.1, 0.15) is 0 Å². The molecule has 7 nitrogen and oxygen atoms in total. The van der Waals surface area contributed by atoms with Gasteiger partial charge in [0.2, 0.25) is 15.9 Å². The van der Waals surface area contributed by atoms with Gasteiger partial charge in [0.15, 0.2) is 0 Å². The van der Waals surface area contributed by atoms with Crippen LogP contribution in [0.4, 0.5) is 0 Å². The summed E-state index contributed by atoms with van der Waals surface area (Å²) in [4.78, 5) is 15.1. The number of piperazine rings is 1. The van der Waals surface area contributed by atoms with Crippen molar-refractivity contribution in [1.82, 2.24) is 19.0 Å². The molecule has 3 aliphatic rings. The molecule has 1 amide bonds. The Morgan fingerprint density at radius 2 is 1.66 bits per heavy atom. The minimum absolute atomic E-state index is 0.00897. The molecule has 3 fully saturated rings. The van der Waals surface area contributed by atoms with Gasteiger partial charge in [0, 0.05) is 45.3 Å². The molecule has 2 atom stereocenters. The van der Waals surface area contributed by atoms with Crippen molar-refractivity contribution in [3.8, 4) is 0 Å². The number of aryl methyl sites for hydroxylation is 1. The molecule has 1 saturated heterocycles. The fraction of sp³-hybridized carbons (Fsp3) is 0.583. The molecular formula is C24H32N4O3S. The van der Waals surface area contributed by atoms with E-state index in [0.29, 0.717) is 37.0 Å². The summed E-state index contributed by atoms with van der Waals surface area (Å²) in [6, 6.07) is 7.52. The first-order chi connectivity index (χ1) is 15.4. The first kappa shape index (κ1) is 21.6. The quantitative estimate of drug-likeness (QED) is 0.693. The number of hydrogen-bond donors (Lipinski definition) is 0. The molecule has 2 aromatic rings. The van der Waals surface area contributed by atoms with E-state index in [1.54, 1.807) is 16.8 Å². The summed E-state index contributed by atoms with van der Waals surface area (Å²) < 4.78 is 29.6. The van der Waals surface area contributed by atoms with E-state index in [1.165, 1.54) is 42.0 Å². The van der Waals surface area contributed by atoms with E-state index in [-0.39, 0.29) is 17.7 Å². The van der Waals surface area contributed by atoms with Crippen molar-refractivity contribution in [2.75, 3.05) is 26.2 Å². The number of carbonyl (C=O) groups excluding carboxylic acids is 1. The second kappa shape index (κ2) is 8.63. The Bertz CT molecular complexity index is 1060. The molecule has 5 rings (SSSR count). The SMILES string of the molecule is Cn1cc(C2CC2C(=O)N2CCN(S(=O)(=O)c3ccc(C4CCCCC4)cc3)CC2)cn1. The number of rotatable bonds is 5. The standard InChI is InChI=1S/C24H32N4O3S/c1-26-17-20(16-25-26)22-15-23(22)24(29)27-11-13-28(14-12-27)32(30,31)21-9-7-19(8-10-21)18-5-3-2-4-6-18/h7-10,16-18,22-23H,2-6,11-15H2,1H3. The summed E-state index contributed by atoms with van der Waals surface area (Å²) in [7, 11) is -1.65. The summed E-state index contributed by atoms with van der Waals surface area (Å²) in [5.41, 5.74) is 2.37. The molecule has 0 radical (unpaired) electrons. The Labute approximate surface area is 190 Å². The molecule has 2 aliphatic carbocycles. The Morgan fingerprint density at radius 3 is 2.28 bits per heavy atom. The van der Waals surface area contributed by atoms with Crippen molar-refractivity contribution in [2.45, 2.75) is 55.3 Å². The Balaban J connectivity index is 1.18. The highest BCUT2D eigenvalue weighted by Gasteiger charge is 2.47. The second-order valence-electron chi connectivity index (χ2n) is 9.53. The van der Waals surface area contributed by atoms with Crippen LogP contribution in [0.15, 0.2) is 41.6 Å². The van der Waals surface area contributed by atoms with Gasteiger partial charge in [-0.2, -0.15) is 9.40 Å². The van der Waals surface area contributed by atoms with Crippen LogP contribution in [0.3, 0.4) is 0 Å². The molecule has 32 heavy (non-hydrogen) atoms. The van der Waals surface area contributed by atoms with Crippen LogP contribution in [0.25, 0.3) is 0 Å². The largest absolute Gasteiger partial charge is 0.340 e. The van der Waals surface area contributed by atoms with E-state index in [2.05, 4.69) is 5.10 Å². The average molecular weight is 457 g/mol. The van der Waals surface area contributed by atoms with Gasteiger partial charge in [0.05, 0.1) is 11.1 Å². The zero-order chi connectivity index (χ0) is 22.3. The first-order valence-electron chi connectivity index (χ1n) is 11.8. The third-order valence-corrected chi connectivity index (χ3v) is 9.32. The average Bonchev–Trinajstić information content (AvgIpc) is 3.52. The van der Waals surface area contributed by atoms with E-state index >= 15 is 0 Å². The number of amides is 1. The molecule has 8 heteroatoms. The van der Waals surface area contributed by atoms with Gasteiger partial charge in [-0.15, -0.1) is 0 Å². The minimum Gasteiger partial charge on any atom is -0.340 e. The van der Waals surface area contributed by atoms with Crippen molar-refractivity contribution in [1.29, 1.82) is 0 Å². The summed E-state index contributed by atoms with van der Waals surface area (Å²) in [6.07, 6.45) is 10.9. The van der Waals surface area contributed by atoms with Crippen LogP contribution >= 0.6 is 0 Å². The molecule has 2 saturated carbocycles. The number of benzene rings is 1. The topological polar surface area (TPSA) is 75.5 Å². The van der Waals surface area contributed by atoms with Gasteiger partial charge in [-0.1, -0.05) is 31.4 Å². The first-order valence-corrected chi connectivity index (χ1v) is 13.2. The summed E-state index contributed by atoms with van der Waals surface area (Å²) >= 11 is 0. The summed E-state index contributed by atoms with van der Waals surface area (Å²) in [6.45, 7) is 1.61. The van der Waals surface area contributed by atoms with Gasteiger partial charge in [-0.05, 0) is 54.4 Å². The van der Waals surface area contributed by atoms with Crippen LogP contribution in [0.5, 0.6) is 0 Å². The number of nitrogens with zero attached hydrogens (tertiary/aromatic N) is 4. The highest BCUT2D eigenvalue weighted by Crippen LogP contribution is 2.48. The van der Waals surface area contributed by atoms with Crippen LogP contribution in [0.1, 0.15) is 61.5 Å². The Morgan fingerprint density at radius 1 is 0.969 bits per heavy atom. The molecule has 0 N–H and O–H groups in total. The predicted molar refractivity (Wildman–Crippen MR) is 122 cm³/mol. The smallest absolute Gasteiger partial charge is 0.243 e. The second-order valence-corrected chi connectivity index (χ2v) is 11.5. The lowest BCUT2D eigenvalue weighted by Gasteiger charge is -2.34. The maximum atomic E-state index is 13.2. The lowest BCUT2D eigenvalue weighted by atomic mass is 9.84. The van der Waals surface area contributed by atoms with E-state index in [9.17, 15) is 13.2 Å². The van der Waals surface area contributed by atoms with E-state index in [1.807, 2.05) is 36.5 Å². The molecule has 1 aliphatic heterocycles. The summed E-state index contributed by atoms with van der Waals surface area (Å²) in [5.74, 6) is 0.969. The molecule has 1 aromatic carbocycles. The van der Waals surface area contributed by atoms with Gasteiger partial charge in [0.25, 0.3) is 0 Å². The zero-order valence-corrected chi connectivity index (χ0v) is 19.5. The summed E-state index contributed by atoms with van der Waals surface area (Å²) in [5, 5.41) is 4.20. The van der Waals surface area contributed by atoms with E-state index in [4.69, 9.17) is 0 Å². The predicted octanol–water partition coefficient (Wildman–Crippen LogP) is 3.10. The van der Waals surface area contributed by atoms with Gasteiger partial charge < -0.3 is 4.90 Å². The van der Waals surface area contributed by atoms with Gasteiger partial charge >= 0.3 is 0 Å². The fourth-order valence-corrected chi connectivity index (χ4v) is 6.77. The van der Waals surface area contributed by atoms with Gasteiger partial charge in [-0.25, -0.2) is 8.42 Å². The van der Waals surface area contributed by atoms with Crippen molar-refractivity contribution < 1.29 is 13.2 Å². The van der Waals surface area contributed by atoms with E-state index in [0.717, 1.165) is 12.0 Å². The molecule has 0 bridgehead atoms. The van der Waals surface area contributed by atoms with Crippen LogP contribution in [0, 0.1) is 5.92 Å². The molecule has 0 spiro atoms. The molecule has 2 heterocycles. The maximum absolute atomic E-state index is 13.2. The zero-order valence-electron chi connectivity index (χ0n) is 18.7. The lowest BCUT2D eigenvalue weighted by molar-refractivity contribution is -0.133. The van der Waals surface area contributed by atoms with Crippen molar-refractivity contribution in [3.05, 3.63) is 47.8 Å². The van der Waals surface area contributed by atoms with Crippen LogP contribution in [-0.4, -0.2) is 59.5 Å². The lowest BCUT2D eigenvalue weighted by Crippen LogP contribution is -2.51. The highest BCUT2D eigenvalue weighted by atomic mass is 32.2. The highest BCUT2D eigenvalue weighted by molar-refractivity contribution is 7.89. The van der Waals surface area contributed by atoms with Crippen molar-refractivity contribution in [2.24, 2.45) is 13.0 Å². The third-order valence-electron chi connectivity index (χ3n) is 7.41. The molecular weight excluding hydrogens is 424 g/mol. The number of hydrogen-bond acceptors (Lipinski definition) is 4. The van der Waals surface area contributed by atoms with Gasteiger partial charge in [-0.3, -0.25) is 9.48 Å². The Hall–Kier alpha value is -2.19. The third kappa shape index (κ3) is 4.22. The number of aromatic nitrogens is 2. The van der Waals surface area contributed by atoms with E-state index < -0.39 is 10.0 Å². The monoisotopic (exact) mass is 456 g/mol. The molecule has 2 unspecified atom stereocenters. The molecule has 172 valence electrons. The normalized spacial score (nSPS) is 25.1. The molecule has 1 aromatic heterocycles. The van der Waals surface area contributed by atoms with Crippen LogP contribution in [-0.2, 0) is 21.9 Å². The minimum atomic E-state index is -3.53. The maximum Gasteiger partial charge on any atom is 0.243 e. The fourth-order valence-electron chi connectivity index (χ4n) is 5.35. The van der Waals surface area contributed by atoms with Crippen LogP contribution < -0.4 is 0 Å². The Kier molecular flexibility index (Phi) is 5.84. The number of carbonyl (C=O) groups is 1. The van der Waals surface area contributed by atoms with Crippen molar-refractivity contribution in [3.63, 3.8) is 0 Å². The van der Waals surface area contributed by atoms with Crippen LogP contribution in [0.2, 0.25) is 0 Å². The number of sulfonamides is 1. The van der Waals surface area contributed by atoms with Crippen molar-refractivity contribution >= 4 is 15.9 Å².